The van der Waals surface area contributed by atoms with Gasteiger partial charge < -0.3 is 4.90 Å². The molecule has 0 spiro atoms. The van der Waals surface area contributed by atoms with Gasteiger partial charge >= 0.3 is 0 Å². The minimum atomic E-state index is -0.0923. The molecule has 4 heteroatoms. The molecule has 90 valence electrons. The summed E-state index contributed by atoms with van der Waals surface area (Å²) in [7, 11) is 2.03. The number of nitrogens with zero attached hydrogens (tertiary/aromatic N) is 2. The fourth-order valence-corrected chi connectivity index (χ4v) is 2.30. The van der Waals surface area contributed by atoms with Crippen molar-refractivity contribution in [2.75, 3.05) is 13.6 Å². The average Bonchev–Trinajstić information content (AvgIpc) is 3.04. The molecule has 0 atom stereocenters. The van der Waals surface area contributed by atoms with E-state index in [1.807, 2.05) is 25.2 Å². The minimum Gasteiger partial charge on any atom is -0.301 e. The first-order chi connectivity index (χ1) is 8.04. The number of hydrogen-bond donors (Lipinski definition) is 0. The summed E-state index contributed by atoms with van der Waals surface area (Å²) < 4.78 is 0. The predicted octanol–water partition coefficient (Wildman–Crippen LogP) is 3.73. The third-order valence-electron chi connectivity index (χ3n) is 3.10. The van der Waals surface area contributed by atoms with Crippen LogP contribution in [0, 0.1) is 16.7 Å². The Kier molecular flexibility index (Phi) is 3.63. The van der Waals surface area contributed by atoms with Crippen molar-refractivity contribution < 1.29 is 0 Å². The molecule has 1 fully saturated rings. The van der Waals surface area contributed by atoms with E-state index >= 15 is 0 Å². The molecule has 17 heavy (non-hydrogen) atoms. The summed E-state index contributed by atoms with van der Waals surface area (Å²) >= 11 is 11.8. The molecule has 1 aromatic rings. The van der Waals surface area contributed by atoms with Crippen LogP contribution in [0.3, 0.4) is 0 Å². The summed E-state index contributed by atoms with van der Waals surface area (Å²) in [4.78, 5) is 2.16. The predicted molar refractivity (Wildman–Crippen MR) is 70.1 cm³/mol. The maximum Gasteiger partial charge on any atom is 0.0703 e. The minimum absolute atomic E-state index is 0.0923. The Bertz CT molecular complexity index is 461. The molecule has 1 aliphatic carbocycles. The maximum atomic E-state index is 9.04. The second kappa shape index (κ2) is 4.86. The fraction of sp³-hybridized carbons (Fsp3) is 0.462. The molecular weight excluding hydrogens is 255 g/mol. The van der Waals surface area contributed by atoms with Crippen molar-refractivity contribution in [3.05, 3.63) is 33.8 Å². The molecule has 0 bridgehead atoms. The molecule has 0 radical (unpaired) electrons. The van der Waals surface area contributed by atoms with Crippen LogP contribution < -0.4 is 0 Å². The van der Waals surface area contributed by atoms with Crippen molar-refractivity contribution in [2.24, 2.45) is 5.41 Å². The quantitative estimate of drug-likeness (QED) is 0.832. The van der Waals surface area contributed by atoms with Gasteiger partial charge in [0.1, 0.15) is 0 Å². The fourth-order valence-electron chi connectivity index (χ4n) is 1.98. The lowest BCUT2D eigenvalue weighted by molar-refractivity contribution is 0.286. The van der Waals surface area contributed by atoms with E-state index in [9.17, 15) is 0 Å². The van der Waals surface area contributed by atoms with Crippen LogP contribution >= 0.6 is 23.2 Å². The maximum absolute atomic E-state index is 9.04. The Morgan fingerprint density at radius 1 is 1.35 bits per heavy atom. The van der Waals surface area contributed by atoms with Gasteiger partial charge in [-0.3, -0.25) is 0 Å². The lowest BCUT2D eigenvalue weighted by Gasteiger charge is -2.19. The highest BCUT2D eigenvalue weighted by atomic mass is 35.5. The standard InChI is InChI=1S/C13H14Cl2N2/c1-17(9-13(8-16)4-5-13)7-10-2-3-11(14)12(15)6-10/h2-3,6H,4-5,7,9H2,1H3. The Morgan fingerprint density at radius 2 is 2.06 bits per heavy atom. The summed E-state index contributed by atoms with van der Waals surface area (Å²) in [6, 6.07) is 8.06. The van der Waals surface area contributed by atoms with Gasteiger partial charge in [-0.25, -0.2) is 0 Å². The van der Waals surface area contributed by atoms with Gasteiger partial charge in [-0.2, -0.15) is 5.26 Å². The van der Waals surface area contributed by atoms with Crippen LogP contribution in [0.1, 0.15) is 18.4 Å². The van der Waals surface area contributed by atoms with Gasteiger partial charge in [-0.05, 0) is 37.6 Å². The first-order valence-corrected chi connectivity index (χ1v) is 6.34. The number of halogens is 2. The number of nitriles is 1. The summed E-state index contributed by atoms with van der Waals surface area (Å²) in [6.45, 7) is 1.62. The van der Waals surface area contributed by atoms with Crippen molar-refractivity contribution in [1.82, 2.24) is 4.90 Å². The van der Waals surface area contributed by atoms with Crippen molar-refractivity contribution in [1.29, 1.82) is 5.26 Å². The van der Waals surface area contributed by atoms with E-state index in [2.05, 4.69) is 11.0 Å². The molecule has 0 heterocycles. The highest BCUT2D eigenvalue weighted by molar-refractivity contribution is 6.42. The summed E-state index contributed by atoms with van der Waals surface area (Å²) in [5.74, 6) is 0. The van der Waals surface area contributed by atoms with E-state index < -0.39 is 0 Å². The van der Waals surface area contributed by atoms with Crippen molar-refractivity contribution in [3.63, 3.8) is 0 Å². The molecule has 2 nitrogen and oxygen atoms in total. The first-order valence-electron chi connectivity index (χ1n) is 5.58. The largest absolute Gasteiger partial charge is 0.301 e. The highest BCUT2D eigenvalue weighted by Crippen LogP contribution is 2.45. The molecule has 1 aromatic carbocycles. The van der Waals surface area contributed by atoms with E-state index in [4.69, 9.17) is 28.5 Å². The van der Waals surface area contributed by atoms with E-state index in [0.29, 0.717) is 10.0 Å². The first kappa shape index (κ1) is 12.7. The van der Waals surface area contributed by atoms with E-state index in [1.54, 1.807) is 0 Å². The van der Waals surface area contributed by atoms with E-state index in [1.165, 1.54) is 0 Å². The van der Waals surface area contributed by atoms with E-state index in [-0.39, 0.29) is 5.41 Å². The highest BCUT2D eigenvalue weighted by Gasteiger charge is 2.43. The van der Waals surface area contributed by atoms with Crippen LogP contribution in [0.25, 0.3) is 0 Å². The Hall–Kier alpha value is -0.750. The topological polar surface area (TPSA) is 27.0 Å². The van der Waals surface area contributed by atoms with Crippen LogP contribution in [0.2, 0.25) is 10.0 Å². The van der Waals surface area contributed by atoms with Gasteiger partial charge in [-0.1, -0.05) is 29.3 Å². The zero-order chi connectivity index (χ0) is 12.5. The molecule has 0 aliphatic heterocycles. The van der Waals surface area contributed by atoms with Gasteiger partial charge in [0.25, 0.3) is 0 Å². The molecule has 2 rings (SSSR count). The average molecular weight is 269 g/mol. The van der Waals surface area contributed by atoms with Gasteiger partial charge in [0, 0.05) is 13.1 Å². The number of rotatable bonds is 4. The molecule has 1 aliphatic rings. The molecule has 1 saturated carbocycles. The molecular formula is C13H14Cl2N2. The van der Waals surface area contributed by atoms with Crippen LogP contribution in [0.15, 0.2) is 18.2 Å². The Balaban J connectivity index is 1.96. The zero-order valence-corrected chi connectivity index (χ0v) is 11.2. The van der Waals surface area contributed by atoms with Gasteiger partial charge in [0.15, 0.2) is 0 Å². The Labute approximate surface area is 112 Å². The smallest absolute Gasteiger partial charge is 0.0703 e. The lowest BCUT2D eigenvalue weighted by atomic mass is 10.1. The van der Waals surface area contributed by atoms with Crippen LogP contribution in [-0.4, -0.2) is 18.5 Å². The number of hydrogen-bond acceptors (Lipinski definition) is 2. The number of benzene rings is 1. The van der Waals surface area contributed by atoms with Crippen LogP contribution in [-0.2, 0) is 6.54 Å². The molecule has 0 saturated heterocycles. The van der Waals surface area contributed by atoms with E-state index in [0.717, 1.165) is 31.5 Å². The van der Waals surface area contributed by atoms with Crippen molar-refractivity contribution in [3.8, 4) is 6.07 Å². The summed E-state index contributed by atoms with van der Waals surface area (Å²) in [6.07, 6.45) is 2.05. The normalized spacial score (nSPS) is 16.9. The molecule has 0 N–H and O–H groups in total. The molecule has 0 amide bonds. The molecule has 0 aromatic heterocycles. The van der Waals surface area contributed by atoms with Crippen molar-refractivity contribution in [2.45, 2.75) is 19.4 Å². The summed E-state index contributed by atoms with van der Waals surface area (Å²) in [5, 5.41) is 10.2. The van der Waals surface area contributed by atoms with Crippen LogP contribution in [0.5, 0.6) is 0 Å². The zero-order valence-electron chi connectivity index (χ0n) is 9.71. The monoisotopic (exact) mass is 268 g/mol. The van der Waals surface area contributed by atoms with Gasteiger partial charge in [0.2, 0.25) is 0 Å². The van der Waals surface area contributed by atoms with Gasteiger partial charge in [-0.15, -0.1) is 0 Å². The third kappa shape index (κ3) is 3.13. The third-order valence-corrected chi connectivity index (χ3v) is 3.84. The second-order valence-corrected chi connectivity index (χ2v) is 5.63. The lowest BCUT2D eigenvalue weighted by Crippen LogP contribution is -2.25. The van der Waals surface area contributed by atoms with Gasteiger partial charge in [0.05, 0.1) is 21.5 Å². The summed E-state index contributed by atoms with van der Waals surface area (Å²) in [5.41, 5.74) is 1.03. The van der Waals surface area contributed by atoms with Crippen molar-refractivity contribution >= 4 is 23.2 Å². The van der Waals surface area contributed by atoms with Crippen LogP contribution in [0.4, 0.5) is 0 Å². The Morgan fingerprint density at radius 3 is 2.59 bits per heavy atom. The SMILES string of the molecule is CN(Cc1ccc(Cl)c(Cl)c1)CC1(C#N)CC1. The molecule has 0 unspecified atom stereocenters. The second-order valence-electron chi connectivity index (χ2n) is 4.81.